The van der Waals surface area contributed by atoms with Gasteiger partial charge in [-0.1, -0.05) is 66.9 Å². The fraction of sp³-hybridized carbons (Fsp3) is 0.645. The van der Waals surface area contributed by atoms with Crippen LogP contribution in [0.25, 0.3) is 0 Å². The Labute approximate surface area is 254 Å². The van der Waals surface area contributed by atoms with Crippen molar-refractivity contribution in [3.63, 3.8) is 0 Å². The number of nitrogens with zero attached hydrogens (tertiary/aromatic N) is 2. The topological polar surface area (TPSA) is 181 Å². The number of hydrogen-bond donors (Lipinski definition) is 4. The molecule has 0 radical (unpaired) electrons. The molecule has 2 fully saturated rings. The van der Waals surface area contributed by atoms with Gasteiger partial charge in [0.25, 0.3) is 5.91 Å². The SMILES string of the molecule is CC(NC(=O)C1CCCN1C(=O)C(NC(=O)NC(C(=O)c1ccccn1)C(C)C)C(C)(C)C)C(=O)C(N)=O.CC1CCC1. The number of aromatic nitrogens is 1. The smallest absolute Gasteiger partial charge is 0.316 e. The summed E-state index contributed by atoms with van der Waals surface area (Å²) in [7, 11) is 0. The summed E-state index contributed by atoms with van der Waals surface area (Å²) < 4.78 is 0. The van der Waals surface area contributed by atoms with Gasteiger partial charge in [-0.05, 0) is 49.1 Å². The lowest BCUT2D eigenvalue weighted by Crippen LogP contribution is -2.61. The molecule has 238 valence electrons. The van der Waals surface area contributed by atoms with Gasteiger partial charge in [0.05, 0.1) is 12.1 Å². The number of rotatable bonds is 10. The second-order valence-electron chi connectivity index (χ2n) is 12.9. The second kappa shape index (κ2) is 15.6. The number of carbonyl (C=O) groups excluding carboxylic acids is 6. The number of carbonyl (C=O) groups is 6. The number of primary amides is 1. The van der Waals surface area contributed by atoms with E-state index in [-0.39, 0.29) is 23.9 Å². The molecule has 2 aliphatic rings. The van der Waals surface area contributed by atoms with Gasteiger partial charge in [0.1, 0.15) is 17.8 Å². The van der Waals surface area contributed by atoms with Crippen LogP contribution >= 0.6 is 0 Å². The number of urea groups is 1. The van der Waals surface area contributed by atoms with Crippen molar-refractivity contribution >= 4 is 35.3 Å². The van der Waals surface area contributed by atoms with Crippen LogP contribution < -0.4 is 21.7 Å². The zero-order chi connectivity index (χ0) is 32.5. The van der Waals surface area contributed by atoms with Crippen LogP contribution in [-0.2, 0) is 19.2 Å². The van der Waals surface area contributed by atoms with Crippen LogP contribution in [0.5, 0.6) is 0 Å². The fourth-order valence-corrected chi connectivity index (χ4v) is 4.84. The predicted molar refractivity (Wildman–Crippen MR) is 162 cm³/mol. The molecule has 1 aliphatic carbocycles. The van der Waals surface area contributed by atoms with E-state index >= 15 is 0 Å². The lowest BCUT2D eigenvalue weighted by Gasteiger charge is -2.36. The molecule has 5 N–H and O–H groups in total. The Morgan fingerprint density at radius 3 is 2.05 bits per heavy atom. The standard InChI is InChI=1S/C26H38N6O6.C5H10/c1-14(2)18(20(34)16-10-7-8-12-28-16)30-25(38)31-21(26(4,5)6)24(37)32-13-9-11-17(32)23(36)29-15(3)19(33)22(27)35;1-5-3-2-4-5/h7-8,10,12,14-15,17-18,21H,9,11,13H2,1-6H3,(H2,27,35)(H,29,36)(H2,30,31,38);5H,2-4H2,1H3. The van der Waals surface area contributed by atoms with Crippen molar-refractivity contribution in [2.45, 2.75) is 105 Å². The van der Waals surface area contributed by atoms with Gasteiger partial charge in [0.15, 0.2) is 0 Å². The third-order valence-electron chi connectivity index (χ3n) is 7.77. The summed E-state index contributed by atoms with van der Waals surface area (Å²) in [6.07, 6.45) is 6.85. The number of pyridine rings is 1. The minimum absolute atomic E-state index is 0.213. The van der Waals surface area contributed by atoms with E-state index in [0.29, 0.717) is 12.8 Å². The highest BCUT2D eigenvalue weighted by Crippen LogP contribution is 2.26. The third-order valence-corrected chi connectivity index (χ3v) is 7.77. The normalized spacial score (nSPS) is 18.7. The molecule has 43 heavy (non-hydrogen) atoms. The summed E-state index contributed by atoms with van der Waals surface area (Å²) in [5.74, 6) is -2.72. The van der Waals surface area contributed by atoms with Crippen molar-refractivity contribution in [2.75, 3.05) is 6.54 Å². The Balaban J connectivity index is 0.00000116. The lowest BCUT2D eigenvalue weighted by atomic mass is 9.85. The molecule has 0 bridgehead atoms. The number of likely N-dealkylation sites (tertiary alicyclic amines) is 1. The third kappa shape index (κ3) is 10.1. The largest absolute Gasteiger partial charge is 0.363 e. The molecule has 2 heterocycles. The molecular formula is C31H48N6O6. The highest BCUT2D eigenvalue weighted by molar-refractivity contribution is 6.37. The van der Waals surface area contributed by atoms with Gasteiger partial charge in [-0.15, -0.1) is 0 Å². The highest BCUT2D eigenvalue weighted by atomic mass is 16.2. The average molecular weight is 601 g/mol. The van der Waals surface area contributed by atoms with Gasteiger partial charge >= 0.3 is 6.03 Å². The van der Waals surface area contributed by atoms with Crippen LogP contribution in [0.1, 0.15) is 91.1 Å². The summed E-state index contributed by atoms with van der Waals surface area (Å²) in [6, 6.07) is 0.298. The zero-order valence-corrected chi connectivity index (χ0v) is 26.4. The predicted octanol–water partition coefficient (Wildman–Crippen LogP) is 2.36. The maximum atomic E-state index is 13.6. The van der Waals surface area contributed by atoms with Crippen LogP contribution in [0.3, 0.4) is 0 Å². The molecule has 1 aromatic rings. The van der Waals surface area contributed by atoms with E-state index in [0.717, 1.165) is 5.92 Å². The molecule has 12 nitrogen and oxygen atoms in total. The summed E-state index contributed by atoms with van der Waals surface area (Å²) in [5.41, 5.74) is 4.47. The first-order chi connectivity index (χ1) is 20.0. The van der Waals surface area contributed by atoms with Gasteiger partial charge in [-0.25, -0.2) is 4.79 Å². The van der Waals surface area contributed by atoms with Crippen molar-refractivity contribution in [3.8, 4) is 0 Å². The summed E-state index contributed by atoms with van der Waals surface area (Å²) >= 11 is 0. The van der Waals surface area contributed by atoms with E-state index in [1.165, 1.54) is 37.3 Å². The monoisotopic (exact) mass is 600 g/mol. The van der Waals surface area contributed by atoms with Crippen LogP contribution in [0.2, 0.25) is 0 Å². The van der Waals surface area contributed by atoms with Crippen LogP contribution in [-0.4, -0.2) is 75.9 Å². The maximum absolute atomic E-state index is 13.6. The number of nitrogens with one attached hydrogen (secondary N) is 3. The molecule has 1 saturated heterocycles. The Morgan fingerprint density at radius 1 is 0.953 bits per heavy atom. The first kappa shape index (κ1) is 35.4. The lowest BCUT2D eigenvalue weighted by molar-refractivity contribution is -0.143. The average Bonchev–Trinajstić information content (AvgIpc) is 3.42. The quantitative estimate of drug-likeness (QED) is 0.235. The van der Waals surface area contributed by atoms with Crippen LogP contribution in [0, 0.1) is 17.3 Å². The van der Waals surface area contributed by atoms with Crippen LogP contribution in [0.4, 0.5) is 4.79 Å². The Bertz CT molecular complexity index is 1160. The Morgan fingerprint density at radius 2 is 1.58 bits per heavy atom. The first-order valence-electron chi connectivity index (χ1n) is 15.0. The maximum Gasteiger partial charge on any atom is 0.316 e. The van der Waals surface area contributed by atoms with Gasteiger partial charge < -0.3 is 26.6 Å². The van der Waals surface area contributed by atoms with Crippen molar-refractivity contribution in [3.05, 3.63) is 30.1 Å². The minimum Gasteiger partial charge on any atom is -0.363 e. The molecule has 1 aliphatic heterocycles. The van der Waals surface area contributed by atoms with E-state index in [1.54, 1.807) is 52.8 Å². The van der Waals surface area contributed by atoms with Gasteiger partial charge in [0, 0.05) is 12.7 Å². The highest BCUT2D eigenvalue weighted by Gasteiger charge is 2.42. The zero-order valence-electron chi connectivity index (χ0n) is 26.4. The molecule has 4 atom stereocenters. The molecular weight excluding hydrogens is 552 g/mol. The van der Waals surface area contributed by atoms with Crippen LogP contribution in [0.15, 0.2) is 24.4 Å². The van der Waals surface area contributed by atoms with Crippen molar-refractivity contribution in [1.29, 1.82) is 0 Å². The summed E-state index contributed by atoms with van der Waals surface area (Å²) in [5, 5.41) is 7.82. The van der Waals surface area contributed by atoms with E-state index in [9.17, 15) is 28.8 Å². The Hall–Kier alpha value is -3.83. The number of ketones is 2. The Kier molecular flexibility index (Phi) is 12.8. The minimum atomic E-state index is -1.17. The number of Topliss-reactive ketones (excluding diaryl/α,β-unsaturated/α-hetero) is 2. The molecule has 1 saturated carbocycles. The van der Waals surface area contributed by atoms with Gasteiger partial charge in [0.2, 0.25) is 23.4 Å². The number of nitrogens with two attached hydrogens (primary N) is 1. The molecule has 1 aromatic heterocycles. The van der Waals surface area contributed by atoms with E-state index in [1.807, 2.05) is 0 Å². The van der Waals surface area contributed by atoms with Gasteiger partial charge in [-0.3, -0.25) is 29.0 Å². The molecule has 5 amide bonds. The second-order valence-corrected chi connectivity index (χ2v) is 12.9. The number of hydrogen-bond acceptors (Lipinski definition) is 7. The van der Waals surface area contributed by atoms with E-state index in [4.69, 9.17) is 5.73 Å². The van der Waals surface area contributed by atoms with E-state index in [2.05, 4.69) is 27.9 Å². The molecule has 0 spiro atoms. The van der Waals surface area contributed by atoms with Crippen molar-refractivity contribution < 1.29 is 28.8 Å². The molecule has 12 heteroatoms. The first-order valence-corrected chi connectivity index (χ1v) is 15.0. The molecule has 0 aromatic carbocycles. The van der Waals surface area contributed by atoms with Gasteiger partial charge in [-0.2, -0.15) is 0 Å². The number of amides is 5. The summed E-state index contributed by atoms with van der Waals surface area (Å²) in [4.78, 5) is 80.9. The molecule has 3 rings (SSSR count). The summed E-state index contributed by atoms with van der Waals surface area (Å²) in [6.45, 7) is 12.8. The van der Waals surface area contributed by atoms with Crippen molar-refractivity contribution in [1.82, 2.24) is 25.8 Å². The van der Waals surface area contributed by atoms with E-state index < -0.39 is 59.1 Å². The fourth-order valence-electron chi connectivity index (χ4n) is 4.84. The van der Waals surface area contributed by atoms with Crippen molar-refractivity contribution in [2.24, 2.45) is 23.0 Å². The molecule has 4 unspecified atom stereocenters.